The van der Waals surface area contributed by atoms with Crippen molar-refractivity contribution in [2.45, 2.75) is 59.1 Å². The number of amides is 1. The van der Waals surface area contributed by atoms with Gasteiger partial charge in [-0.1, -0.05) is 26.0 Å². The highest BCUT2D eigenvalue weighted by Crippen LogP contribution is 2.10. The molecule has 0 radical (unpaired) electrons. The molecule has 0 aromatic carbocycles. The van der Waals surface area contributed by atoms with Gasteiger partial charge in [0.2, 0.25) is 0 Å². The van der Waals surface area contributed by atoms with E-state index in [2.05, 4.69) is 5.32 Å². The Hall–Kier alpha value is -1.52. The van der Waals surface area contributed by atoms with Crippen LogP contribution in [-0.4, -0.2) is 28.8 Å². The summed E-state index contributed by atoms with van der Waals surface area (Å²) in [5.41, 5.74) is -0.544. The van der Waals surface area contributed by atoms with Gasteiger partial charge in [-0.3, -0.25) is 4.79 Å². The molecule has 5 heteroatoms. The summed E-state index contributed by atoms with van der Waals surface area (Å²) in [6.07, 6.45) is 3.45. The van der Waals surface area contributed by atoms with E-state index in [1.54, 1.807) is 32.9 Å². The Morgan fingerprint density at radius 1 is 1.32 bits per heavy atom. The SMILES string of the molecule is CC(C)CC(C=CCC(=O)O)NC(=O)OC(C)(C)C. The smallest absolute Gasteiger partial charge is 0.408 e. The number of carboxylic acid groups (broad SMARTS) is 1. The zero-order valence-electron chi connectivity index (χ0n) is 12.4. The second-order valence-corrected chi connectivity index (χ2v) is 5.91. The van der Waals surface area contributed by atoms with Crippen LogP contribution in [0, 0.1) is 5.92 Å². The summed E-state index contributed by atoms with van der Waals surface area (Å²) in [5.74, 6) is -0.508. The molecule has 0 fully saturated rings. The fourth-order valence-electron chi connectivity index (χ4n) is 1.49. The molecule has 0 aromatic rings. The summed E-state index contributed by atoms with van der Waals surface area (Å²) in [6, 6.07) is -0.214. The lowest BCUT2D eigenvalue weighted by Crippen LogP contribution is -2.38. The topological polar surface area (TPSA) is 75.6 Å². The predicted molar refractivity (Wildman–Crippen MR) is 74.0 cm³/mol. The monoisotopic (exact) mass is 271 g/mol. The van der Waals surface area contributed by atoms with Crippen LogP contribution in [0.15, 0.2) is 12.2 Å². The highest BCUT2D eigenvalue weighted by atomic mass is 16.6. The maximum atomic E-state index is 11.7. The summed E-state index contributed by atoms with van der Waals surface area (Å²) in [7, 11) is 0. The van der Waals surface area contributed by atoms with Crippen LogP contribution >= 0.6 is 0 Å². The molecule has 0 saturated carbocycles. The van der Waals surface area contributed by atoms with Crippen molar-refractivity contribution in [2.24, 2.45) is 5.92 Å². The molecule has 0 bridgehead atoms. The van der Waals surface area contributed by atoms with Crippen molar-refractivity contribution in [1.82, 2.24) is 5.32 Å². The van der Waals surface area contributed by atoms with Crippen LogP contribution in [0.1, 0.15) is 47.5 Å². The zero-order valence-corrected chi connectivity index (χ0v) is 12.4. The van der Waals surface area contributed by atoms with Gasteiger partial charge in [0.1, 0.15) is 5.60 Å². The second kappa shape index (κ2) is 7.81. The molecule has 0 aromatic heterocycles. The van der Waals surface area contributed by atoms with Gasteiger partial charge in [0.25, 0.3) is 0 Å². The molecule has 110 valence electrons. The molecule has 1 atom stereocenters. The molecule has 19 heavy (non-hydrogen) atoms. The van der Waals surface area contributed by atoms with Crippen LogP contribution in [0.5, 0.6) is 0 Å². The van der Waals surface area contributed by atoms with Crippen molar-refractivity contribution in [3.05, 3.63) is 12.2 Å². The lowest BCUT2D eigenvalue weighted by atomic mass is 10.0. The number of alkyl carbamates (subject to hydrolysis) is 1. The minimum absolute atomic E-state index is 0.0510. The van der Waals surface area contributed by atoms with Crippen molar-refractivity contribution in [3.63, 3.8) is 0 Å². The van der Waals surface area contributed by atoms with E-state index in [1.807, 2.05) is 13.8 Å². The van der Waals surface area contributed by atoms with E-state index in [1.165, 1.54) is 0 Å². The van der Waals surface area contributed by atoms with Crippen molar-refractivity contribution >= 4 is 12.1 Å². The third kappa shape index (κ3) is 11.3. The van der Waals surface area contributed by atoms with E-state index in [-0.39, 0.29) is 12.5 Å². The summed E-state index contributed by atoms with van der Waals surface area (Å²) in [5, 5.41) is 11.3. The molecular formula is C14H25NO4. The van der Waals surface area contributed by atoms with E-state index in [0.717, 1.165) is 6.42 Å². The quantitative estimate of drug-likeness (QED) is 0.728. The van der Waals surface area contributed by atoms with Crippen molar-refractivity contribution in [3.8, 4) is 0 Å². The number of ether oxygens (including phenoxy) is 1. The van der Waals surface area contributed by atoms with E-state index in [4.69, 9.17) is 9.84 Å². The highest BCUT2D eigenvalue weighted by molar-refractivity contribution is 5.69. The maximum absolute atomic E-state index is 11.7. The molecule has 0 heterocycles. The summed E-state index contributed by atoms with van der Waals surface area (Å²) < 4.78 is 5.18. The minimum atomic E-state index is -0.892. The van der Waals surface area contributed by atoms with Gasteiger partial charge in [0, 0.05) is 0 Å². The number of carboxylic acids is 1. The molecule has 0 saturated heterocycles. The molecule has 2 N–H and O–H groups in total. The van der Waals surface area contributed by atoms with Gasteiger partial charge in [0.15, 0.2) is 0 Å². The van der Waals surface area contributed by atoms with Crippen LogP contribution in [0.4, 0.5) is 4.79 Å². The predicted octanol–water partition coefficient (Wildman–Crippen LogP) is 2.96. The normalized spacial score (nSPS) is 13.6. The Kier molecular flexibility index (Phi) is 7.19. The van der Waals surface area contributed by atoms with Crippen LogP contribution < -0.4 is 5.32 Å². The molecule has 5 nitrogen and oxygen atoms in total. The van der Waals surface area contributed by atoms with Crippen LogP contribution in [-0.2, 0) is 9.53 Å². The number of hydrogen-bond donors (Lipinski definition) is 2. The first kappa shape index (κ1) is 17.5. The number of carbonyl (C=O) groups is 2. The van der Waals surface area contributed by atoms with E-state index < -0.39 is 17.7 Å². The lowest BCUT2D eigenvalue weighted by molar-refractivity contribution is -0.136. The summed E-state index contributed by atoms with van der Waals surface area (Å²) in [6.45, 7) is 9.46. The molecular weight excluding hydrogens is 246 g/mol. The molecule has 0 rings (SSSR count). The van der Waals surface area contributed by atoms with Crippen LogP contribution in [0.2, 0.25) is 0 Å². The Morgan fingerprint density at radius 3 is 2.32 bits per heavy atom. The average Bonchev–Trinajstić information content (AvgIpc) is 2.11. The zero-order chi connectivity index (χ0) is 15.1. The molecule has 0 aliphatic carbocycles. The first-order valence-electron chi connectivity index (χ1n) is 6.48. The Morgan fingerprint density at radius 2 is 1.89 bits per heavy atom. The number of carbonyl (C=O) groups excluding carboxylic acids is 1. The second-order valence-electron chi connectivity index (χ2n) is 5.91. The Bertz CT molecular complexity index is 329. The van der Waals surface area contributed by atoms with Gasteiger partial charge in [0.05, 0.1) is 12.5 Å². The van der Waals surface area contributed by atoms with Crippen LogP contribution in [0.3, 0.4) is 0 Å². The first-order chi connectivity index (χ1) is 8.60. The third-order valence-corrected chi connectivity index (χ3v) is 2.09. The van der Waals surface area contributed by atoms with E-state index >= 15 is 0 Å². The molecule has 0 spiro atoms. The van der Waals surface area contributed by atoms with Crippen molar-refractivity contribution < 1.29 is 19.4 Å². The largest absolute Gasteiger partial charge is 0.481 e. The van der Waals surface area contributed by atoms with Crippen molar-refractivity contribution in [1.29, 1.82) is 0 Å². The summed E-state index contributed by atoms with van der Waals surface area (Å²) in [4.78, 5) is 22.1. The van der Waals surface area contributed by atoms with Gasteiger partial charge >= 0.3 is 12.1 Å². The number of rotatable bonds is 6. The molecule has 0 aliphatic heterocycles. The van der Waals surface area contributed by atoms with Gasteiger partial charge in [-0.2, -0.15) is 0 Å². The summed E-state index contributed by atoms with van der Waals surface area (Å²) >= 11 is 0. The number of hydrogen-bond acceptors (Lipinski definition) is 3. The third-order valence-electron chi connectivity index (χ3n) is 2.09. The Labute approximate surface area is 115 Å². The van der Waals surface area contributed by atoms with E-state index in [0.29, 0.717) is 5.92 Å². The lowest BCUT2D eigenvalue weighted by Gasteiger charge is -2.23. The van der Waals surface area contributed by atoms with Gasteiger partial charge in [-0.05, 0) is 33.1 Å². The maximum Gasteiger partial charge on any atom is 0.408 e. The molecule has 0 aliphatic rings. The van der Waals surface area contributed by atoms with Crippen LogP contribution in [0.25, 0.3) is 0 Å². The first-order valence-corrected chi connectivity index (χ1v) is 6.48. The minimum Gasteiger partial charge on any atom is -0.481 e. The fourth-order valence-corrected chi connectivity index (χ4v) is 1.49. The van der Waals surface area contributed by atoms with Gasteiger partial charge in [-0.25, -0.2) is 4.79 Å². The average molecular weight is 271 g/mol. The molecule has 1 unspecified atom stereocenters. The molecule has 1 amide bonds. The standard InChI is InChI=1S/C14H25NO4/c1-10(2)9-11(7-6-8-12(16)17)15-13(18)19-14(3,4)5/h6-7,10-11H,8-9H2,1-5H3,(H,15,18)(H,16,17). The van der Waals surface area contributed by atoms with Gasteiger partial charge < -0.3 is 15.2 Å². The highest BCUT2D eigenvalue weighted by Gasteiger charge is 2.18. The van der Waals surface area contributed by atoms with Crippen molar-refractivity contribution in [2.75, 3.05) is 0 Å². The fraction of sp³-hybridized carbons (Fsp3) is 0.714. The van der Waals surface area contributed by atoms with E-state index in [9.17, 15) is 9.59 Å². The number of nitrogens with one attached hydrogen (secondary N) is 1. The van der Waals surface area contributed by atoms with Gasteiger partial charge in [-0.15, -0.1) is 0 Å². The number of aliphatic carboxylic acids is 1. The Balaban J connectivity index is 4.46.